The number of carboxylic acid groups (broad SMARTS) is 1. The molecule has 0 radical (unpaired) electrons. The Morgan fingerprint density at radius 2 is 1.66 bits per heavy atom. The van der Waals surface area contributed by atoms with Crippen LogP contribution in [-0.4, -0.2) is 53.8 Å². The summed E-state index contributed by atoms with van der Waals surface area (Å²) in [5.41, 5.74) is 5.69. The third-order valence-corrected chi connectivity index (χ3v) is 4.88. The second-order valence-electron chi connectivity index (χ2n) is 7.26. The van der Waals surface area contributed by atoms with E-state index in [1.165, 1.54) is 4.90 Å². The summed E-state index contributed by atoms with van der Waals surface area (Å²) in [6.45, 7) is 5.37. The number of rotatable bonds is 9. The average molecular weight is 493 g/mol. The highest BCUT2D eigenvalue weighted by Crippen LogP contribution is 2.27. The van der Waals surface area contributed by atoms with Crippen molar-refractivity contribution >= 4 is 23.6 Å². The van der Waals surface area contributed by atoms with Crippen LogP contribution in [0.25, 0.3) is 0 Å². The van der Waals surface area contributed by atoms with Gasteiger partial charge in [-0.25, -0.2) is 8.78 Å². The van der Waals surface area contributed by atoms with E-state index in [2.05, 4.69) is 5.32 Å². The number of nitrogen functional groups attached to an aromatic ring is 1. The molecule has 0 aliphatic heterocycles. The van der Waals surface area contributed by atoms with Crippen LogP contribution in [0.4, 0.5) is 8.78 Å². The summed E-state index contributed by atoms with van der Waals surface area (Å²) < 4.78 is 34.7. The summed E-state index contributed by atoms with van der Waals surface area (Å²) >= 11 is 0. The van der Waals surface area contributed by atoms with E-state index in [0.29, 0.717) is 24.2 Å². The van der Waals surface area contributed by atoms with Crippen LogP contribution >= 0.6 is 0 Å². The van der Waals surface area contributed by atoms with Crippen LogP contribution in [-0.2, 0) is 20.9 Å². The lowest BCUT2D eigenvalue weighted by Gasteiger charge is -2.22. The Bertz CT molecular complexity index is 1050. The second kappa shape index (κ2) is 13.8. The van der Waals surface area contributed by atoms with Gasteiger partial charge in [0.2, 0.25) is 0 Å². The third-order valence-electron chi connectivity index (χ3n) is 4.88. The number of nitrogens with one attached hydrogen (secondary N) is 2. The first-order chi connectivity index (χ1) is 16.5. The summed E-state index contributed by atoms with van der Waals surface area (Å²) in [5, 5.41) is 17.4. The molecule has 0 aromatic heterocycles. The average Bonchev–Trinajstić information content (AvgIpc) is 2.80. The molecule has 2 amide bonds. The first kappa shape index (κ1) is 29.2. The quantitative estimate of drug-likeness (QED) is 0.313. The van der Waals surface area contributed by atoms with Gasteiger partial charge < -0.3 is 25.8 Å². The van der Waals surface area contributed by atoms with Crippen molar-refractivity contribution in [1.29, 1.82) is 5.41 Å². The molecule has 0 saturated carbocycles. The molecule has 11 heteroatoms. The third kappa shape index (κ3) is 8.14. The van der Waals surface area contributed by atoms with Crippen molar-refractivity contribution in [2.45, 2.75) is 33.4 Å². The number of carbonyl (C=O) groups is 3. The van der Waals surface area contributed by atoms with Gasteiger partial charge in [-0.1, -0.05) is 24.3 Å². The highest BCUT2D eigenvalue weighted by molar-refractivity contribution is 5.95. The number of carbonyl (C=O) groups excluding carboxylic acids is 2. The standard InChI is InChI=1S/C22H26F2N4O3.C2H4O2/c1-4-28(5-2)22(30)15-10-11-16(23)17(18(15)24)19(31-3)21(29)27-12-13-6-8-14(9-7-13)20(25)26;1-2(3)4/h6-11,19H,4-5,12H2,1-3H3,(H3,25,26)(H,27,29);1H3,(H,3,4). The summed E-state index contributed by atoms with van der Waals surface area (Å²) in [4.78, 5) is 35.6. The van der Waals surface area contributed by atoms with Crippen molar-refractivity contribution in [2.24, 2.45) is 5.73 Å². The van der Waals surface area contributed by atoms with E-state index in [1.54, 1.807) is 38.1 Å². The van der Waals surface area contributed by atoms with Crippen molar-refractivity contribution in [2.75, 3.05) is 20.2 Å². The van der Waals surface area contributed by atoms with Gasteiger partial charge in [0, 0.05) is 39.2 Å². The minimum Gasteiger partial charge on any atom is -0.481 e. The van der Waals surface area contributed by atoms with Gasteiger partial charge in [-0.2, -0.15) is 0 Å². The zero-order valence-corrected chi connectivity index (χ0v) is 20.0. The maximum absolute atomic E-state index is 15.1. The van der Waals surface area contributed by atoms with Gasteiger partial charge in [-0.05, 0) is 31.5 Å². The molecule has 2 aromatic rings. The number of nitrogens with two attached hydrogens (primary N) is 1. The van der Waals surface area contributed by atoms with Crippen LogP contribution in [0.5, 0.6) is 0 Å². The number of aliphatic carboxylic acids is 1. The Balaban J connectivity index is 0.00000142. The monoisotopic (exact) mass is 492 g/mol. The van der Waals surface area contributed by atoms with E-state index >= 15 is 4.39 Å². The fourth-order valence-corrected chi connectivity index (χ4v) is 3.10. The van der Waals surface area contributed by atoms with Gasteiger partial charge in [0.15, 0.2) is 6.10 Å². The molecule has 0 aliphatic carbocycles. The normalized spacial score (nSPS) is 11.0. The largest absolute Gasteiger partial charge is 0.481 e. The molecule has 35 heavy (non-hydrogen) atoms. The molecule has 2 aromatic carbocycles. The molecule has 0 spiro atoms. The van der Waals surface area contributed by atoms with Crippen LogP contribution in [0.15, 0.2) is 36.4 Å². The Kier molecular flexibility index (Phi) is 11.5. The van der Waals surface area contributed by atoms with Crippen LogP contribution in [0.1, 0.15) is 53.9 Å². The molecule has 0 bridgehead atoms. The first-order valence-corrected chi connectivity index (χ1v) is 10.7. The number of halogens is 2. The topological polar surface area (TPSA) is 146 Å². The van der Waals surface area contributed by atoms with E-state index in [0.717, 1.165) is 26.2 Å². The summed E-state index contributed by atoms with van der Waals surface area (Å²) in [5.74, 6) is -4.38. The van der Waals surface area contributed by atoms with Crippen molar-refractivity contribution in [3.05, 3.63) is 70.3 Å². The van der Waals surface area contributed by atoms with Gasteiger partial charge in [-0.15, -0.1) is 0 Å². The second-order valence-corrected chi connectivity index (χ2v) is 7.26. The molecule has 5 N–H and O–H groups in total. The zero-order chi connectivity index (χ0) is 26.7. The molecule has 0 fully saturated rings. The number of ether oxygens (including phenoxy) is 1. The lowest BCUT2D eigenvalue weighted by molar-refractivity contribution is -0.134. The SMILES string of the molecule is CC(=O)O.CCN(CC)C(=O)c1ccc(F)c(C(OC)C(=O)NCc2ccc(C(=N)N)cc2)c1F. The minimum atomic E-state index is -1.58. The highest BCUT2D eigenvalue weighted by Gasteiger charge is 2.30. The van der Waals surface area contributed by atoms with Gasteiger partial charge in [0.25, 0.3) is 17.8 Å². The first-order valence-electron chi connectivity index (χ1n) is 10.7. The predicted octanol–water partition coefficient (Wildman–Crippen LogP) is 2.83. The van der Waals surface area contributed by atoms with Crippen molar-refractivity contribution in [1.82, 2.24) is 10.2 Å². The highest BCUT2D eigenvalue weighted by atomic mass is 19.1. The number of hydrogen-bond acceptors (Lipinski definition) is 5. The van der Waals surface area contributed by atoms with E-state index < -0.39 is 41.1 Å². The fourth-order valence-electron chi connectivity index (χ4n) is 3.10. The summed E-state index contributed by atoms with van der Waals surface area (Å²) in [6, 6.07) is 8.61. The zero-order valence-electron chi connectivity index (χ0n) is 20.0. The Hall–Kier alpha value is -3.86. The van der Waals surface area contributed by atoms with Crippen LogP contribution in [0.3, 0.4) is 0 Å². The van der Waals surface area contributed by atoms with Crippen LogP contribution < -0.4 is 11.1 Å². The van der Waals surface area contributed by atoms with E-state index in [1.807, 2.05) is 0 Å². The molecule has 190 valence electrons. The van der Waals surface area contributed by atoms with Gasteiger partial charge in [-0.3, -0.25) is 19.8 Å². The van der Waals surface area contributed by atoms with Crippen LogP contribution in [0, 0.1) is 17.0 Å². The van der Waals surface area contributed by atoms with E-state index in [9.17, 15) is 14.0 Å². The van der Waals surface area contributed by atoms with Gasteiger partial charge >= 0.3 is 0 Å². The number of nitrogens with zero attached hydrogens (tertiary/aromatic N) is 1. The lowest BCUT2D eigenvalue weighted by Crippen LogP contribution is -2.33. The lowest BCUT2D eigenvalue weighted by atomic mass is 10.0. The molecule has 0 aliphatic rings. The number of hydrogen-bond donors (Lipinski definition) is 4. The predicted molar refractivity (Wildman–Crippen MR) is 126 cm³/mol. The number of benzene rings is 2. The van der Waals surface area contributed by atoms with Crippen molar-refractivity contribution in [3.63, 3.8) is 0 Å². The smallest absolute Gasteiger partial charge is 0.300 e. The van der Waals surface area contributed by atoms with Gasteiger partial charge in [0.1, 0.15) is 17.5 Å². The molecule has 1 unspecified atom stereocenters. The summed E-state index contributed by atoms with van der Waals surface area (Å²) in [6.07, 6.45) is -1.58. The molecule has 0 heterocycles. The molecular weight excluding hydrogens is 462 g/mol. The van der Waals surface area contributed by atoms with Crippen molar-refractivity contribution < 1.29 is 33.0 Å². The molecule has 9 nitrogen and oxygen atoms in total. The number of amides is 2. The fraction of sp³-hybridized carbons (Fsp3) is 0.333. The number of methoxy groups -OCH3 is 1. The molecule has 2 rings (SSSR count). The molecule has 1 atom stereocenters. The maximum Gasteiger partial charge on any atom is 0.300 e. The van der Waals surface area contributed by atoms with Crippen LogP contribution in [0.2, 0.25) is 0 Å². The Morgan fingerprint density at radius 3 is 2.11 bits per heavy atom. The maximum atomic E-state index is 15.1. The number of carboxylic acids is 1. The summed E-state index contributed by atoms with van der Waals surface area (Å²) in [7, 11) is 1.16. The van der Waals surface area contributed by atoms with Crippen molar-refractivity contribution in [3.8, 4) is 0 Å². The van der Waals surface area contributed by atoms with E-state index in [-0.39, 0.29) is 17.9 Å². The molecular formula is C24H30F2N4O5. The van der Waals surface area contributed by atoms with E-state index in [4.69, 9.17) is 25.8 Å². The Morgan fingerprint density at radius 1 is 1.11 bits per heavy atom. The van der Waals surface area contributed by atoms with Gasteiger partial charge in [0.05, 0.1) is 11.1 Å². The Labute approximate surface area is 202 Å². The molecule has 0 saturated heterocycles. The number of amidine groups is 1. The minimum absolute atomic E-state index is 0.0676.